The molecule has 0 saturated heterocycles. The molecule has 0 amide bonds. The Labute approximate surface area is 112 Å². The minimum atomic E-state index is 0.0159. The van der Waals surface area contributed by atoms with Crippen LogP contribution in [0.15, 0.2) is 33.4 Å². The van der Waals surface area contributed by atoms with Gasteiger partial charge in [-0.1, -0.05) is 16.8 Å². The van der Waals surface area contributed by atoms with Crippen LogP contribution in [0.1, 0.15) is 11.4 Å². The third kappa shape index (κ3) is 2.74. The summed E-state index contributed by atoms with van der Waals surface area (Å²) < 4.78 is 0. The van der Waals surface area contributed by atoms with E-state index in [9.17, 15) is 0 Å². The fraction of sp³-hybridized carbons (Fsp3) is 0.100. The molecular formula is C10H10ClN5OS. The Balaban J connectivity index is 2.25. The highest BCUT2D eigenvalue weighted by atomic mass is 35.5. The summed E-state index contributed by atoms with van der Waals surface area (Å²) in [6, 6.07) is 5.10. The minimum absolute atomic E-state index is 0.0159. The number of nitrogens with one attached hydrogen (secondary N) is 1. The second kappa shape index (κ2) is 5.28. The fourth-order valence-electron chi connectivity index (χ4n) is 1.27. The van der Waals surface area contributed by atoms with Gasteiger partial charge in [-0.3, -0.25) is 5.10 Å². The van der Waals surface area contributed by atoms with Gasteiger partial charge in [-0.05, 0) is 36.9 Å². The highest BCUT2D eigenvalue weighted by Gasteiger charge is 2.09. The lowest BCUT2D eigenvalue weighted by atomic mass is 10.2. The van der Waals surface area contributed by atoms with Gasteiger partial charge in [0.1, 0.15) is 5.82 Å². The molecule has 1 aromatic heterocycles. The maximum Gasteiger partial charge on any atom is 0.213 e. The van der Waals surface area contributed by atoms with Gasteiger partial charge in [0, 0.05) is 10.5 Å². The lowest BCUT2D eigenvalue weighted by Crippen LogP contribution is -2.12. The maximum absolute atomic E-state index is 8.58. The lowest BCUT2D eigenvalue weighted by Gasteiger charge is -2.03. The molecule has 0 fully saturated rings. The minimum Gasteiger partial charge on any atom is -0.409 e. The van der Waals surface area contributed by atoms with Gasteiger partial charge >= 0.3 is 0 Å². The molecule has 0 bridgehead atoms. The maximum atomic E-state index is 8.58. The van der Waals surface area contributed by atoms with Gasteiger partial charge in [0.05, 0.1) is 5.02 Å². The average Bonchev–Trinajstić information content (AvgIpc) is 2.76. The van der Waals surface area contributed by atoms with E-state index in [1.165, 1.54) is 11.8 Å². The Morgan fingerprint density at radius 3 is 2.89 bits per heavy atom. The van der Waals surface area contributed by atoms with Crippen molar-refractivity contribution >= 4 is 29.2 Å². The molecule has 0 spiro atoms. The molecule has 0 radical (unpaired) electrons. The molecule has 8 heteroatoms. The summed E-state index contributed by atoms with van der Waals surface area (Å²) >= 11 is 7.44. The highest BCUT2D eigenvalue weighted by molar-refractivity contribution is 7.99. The number of hydrogen-bond acceptors (Lipinski definition) is 5. The van der Waals surface area contributed by atoms with E-state index in [2.05, 4.69) is 20.3 Å². The Kier molecular flexibility index (Phi) is 3.73. The third-order valence-corrected chi connectivity index (χ3v) is 3.48. The summed E-state index contributed by atoms with van der Waals surface area (Å²) in [6.45, 7) is 1.82. The van der Waals surface area contributed by atoms with Crippen LogP contribution in [0.3, 0.4) is 0 Å². The predicted molar refractivity (Wildman–Crippen MR) is 69.2 cm³/mol. The second-order valence-corrected chi connectivity index (χ2v) is 4.85. The molecule has 0 atom stereocenters. The Morgan fingerprint density at radius 1 is 1.56 bits per heavy atom. The number of aromatic amines is 1. The van der Waals surface area contributed by atoms with Crippen LogP contribution in [0.4, 0.5) is 0 Å². The van der Waals surface area contributed by atoms with E-state index in [1.54, 1.807) is 18.2 Å². The van der Waals surface area contributed by atoms with Crippen LogP contribution in [-0.2, 0) is 0 Å². The van der Waals surface area contributed by atoms with Crippen molar-refractivity contribution in [1.29, 1.82) is 0 Å². The van der Waals surface area contributed by atoms with Gasteiger partial charge in [0.15, 0.2) is 5.84 Å². The molecule has 0 aliphatic heterocycles. The van der Waals surface area contributed by atoms with E-state index >= 15 is 0 Å². The number of nitrogens with two attached hydrogens (primary N) is 1. The molecular weight excluding hydrogens is 274 g/mol. The topological polar surface area (TPSA) is 100 Å². The number of hydrogen-bond donors (Lipinski definition) is 3. The van der Waals surface area contributed by atoms with E-state index in [4.69, 9.17) is 22.5 Å². The molecule has 1 aromatic carbocycles. The van der Waals surface area contributed by atoms with E-state index in [-0.39, 0.29) is 5.84 Å². The van der Waals surface area contributed by atoms with Crippen molar-refractivity contribution in [3.63, 3.8) is 0 Å². The molecule has 4 N–H and O–H groups in total. The first kappa shape index (κ1) is 12.7. The Morgan fingerprint density at radius 2 is 2.33 bits per heavy atom. The van der Waals surface area contributed by atoms with E-state index in [0.29, 0.717) is 15.7 Å². The molecule has 0 aliphatic carbocycles. The lowest BCUT2D eigenvalue weighted by molar-refractivity contribution is 0.318. The van der Waals surface area contributed by atoms with Gasteiger partial charge in [0.2, 0.25) is 5.16 Å². The summed E-state index contributed by atoms with van der Waals surface area (Å²) in [5.41, 5.74) is 6.03. The first-order valence-corrected chi connectivity index (χ1v) is 6.14. The Hall–Kier alpha value is -1.73. The van der Waals surface area contributed by atoms with Crippen LogP contribution in [0.5, 0.6) is 0 Å². The quantitative estimate of drug-likeness (QED) is 0.346. The van der Waals surface area contributed by atoms with Crippen molar-refractivity contribution in [3.05, 3.63) is 34.6 Å². The van der Waals surface area contributed by atoms with Crippen LogP contribution in [-0.4, -0.2) is 26.2 Å². The van der Waals surface area contributed by atoms with Gasteiger partial charge in [-0.15, -0.1) is 5.10 Å². The predicted octanol–water partition coefficient (Wildman–Crippen LogP) is 2.01. The molecule has 0 saturated carbocycles. The molecule has 18 heavy (non-hydrogen) atoms. The van der Waals surface area contributed by atoms with Crippen molar-refractivity contribution in [2.75, 3.05) is 0 Å². The number of nitrogens with zero attached hydrogens (tertiary/aromatic N) is 3. The number of H-pyrrole nitrogens is 1. The van der Waals surface area contributed by atoms with Gasteiger partial charge in [-0.2, -0.15) is 0 Å². The second-order valence-electron chi connectivity index (χ2n) is 3.44. The van der Waals surface area contributed by atoms with Gasteiger partial charge < -0.3 is 10.9 Å². The number of oxime groups is 1. The number of amidine groups is 1. The van der Waals surface area contributed by atoms with Gasteiger partial charge in [-0.25, -0.2) is 4.98 Å². The Bertz CT molecular complexity index is 598. The largest absolute Gasteiger partial charge is 0.409 e. The number of benzene rings is 1. The van der Waals surface area contributed by atoms with Crippen LogP contribution in [0.2, 0.25) is 5.02 Å². The molecule has 2 aromatic rings. The third-order valence-electron chi connectivity index (χ3n) is 2.11. The summed E-state index contributed by atoms with van der Waals surface area (Å²) in [6.07, 6.45) is 0. The molecule has 94 valence electrons. The van der Waals surface area contributed by atoms with Crippen molar-refractivity contribution in [1.82, 2.24) is 15.2 Å². The van der Waals surface area contributed by atoms with Crippen LogP contribution < -0.4 is 5.73 Å². The van der Waals surface area contributed by atoms with Gasteiger partial charge in [0.25, 0.3) is 0 Å². The highest BCUT2D eigenvalue weighted by Crippen LogP contribution is 2.31. The number of rotatable bonds is 3. The zero-order valence-electron chi connectivity index (χ0n) is 9.38. The van der Waals surface area contributed by atoms with Crippen LogP contribution in [0.25, 0.3) is 0 Å². The monoisotopic (exact) mass is 283 g/mol. The summed E-state index contributed by atoms with van der Waals surface area (Å²) in [5.74, 6) is 0.754. The first-order valence-electron chi connectivity index (χ1n) is 4.94. The molecule has 2 rings (SSSR count). The number of aromatic nitrogens is 3. The molecule has 0 aliphatic rings. The standard InChI is InChI=1S/C10H10ClN5OS/c1-5-13-10(15-14-5)18-8-3-2-6(4-7(8)11)9(12)16-17/h2-4,17H,1H3,(H2,12,16)(H,13,14,15). The van der Waals surface area contributed by atoms with Crippen LogP contribution in [0, 0.1) is 6.92 Å². The zero-order valence-corrected chi connectivity index (χ0v) is 11.0. The molecule has 0 unspecified atom stereocenters. The van der Waals surface area contributed by atoms with E-state index in [1.807, 2.05) is 6.92 Å². The number of aryl methyl sites for hydroxylation is 1. The molecule has 1 heterocycles. The van der Waals surface area contributed by atoms with Crippen molar-refractivity contribution in [2.45, 2.75) is 17.0 Å². The zero-order chi connectivity index (χ0) is 13.1. The van der Waals surface area contributed by atoms with Crippen molar-refractivity contribution in [2.24, 2.45) is 10.9 Å². The van der Waals surface area contributed by atoms with E-state index in [0.717, 1.165) is 10.7 Å². The summed E-state index contributed by atoms with van der Waals surface area (Å²) in [7, 11) is 0. The van der Waals surface area contributed by atoms with Crippen molar-refractivity contribution in [3.8, 4) is 0 Å². The van der Waals surface area contributed by atoms with Crippen LogP contribution >= 0.6 is 23.4 Å². The fourth-order valence-corrected chi connectivity index (χ4v) is 2.33. The number of halogens is 1. The smallest absolute Gasteiger partial charge is 0.213 e. The van der Waals surface area contributed by atoms with Crippen molar-refractivity contribution < 1.29 is 5.21 Å². The normalized spacial score (nSPS) is 11.8. The molecule has 6 nitrogen and oxygen atoms in total. The first-order chi connectivity index (χ1) is 8.60. The average molecular weight is 284 g/mol. The SMILES string of the molecule is Cc1nc(Sc2ccc(/C(N)=N/O)cc2Cl)n[nH]1. The summed E-state index contributed by atoms with van der Waals surface area (Å²) in [5, 5.41) is 19.3. The van der Waals surface area contributed by atoms with E-state index < -0.39 is 0 Å². The summed E-state index contributed by atoms with van der Waals surface area (Å²) in [4.78, 5) is 4.97.